The average Bonchev–Trinajstić information content (AvgIpc) is 2.90. The van der Waals surface area contributed by atoms with E-state index in [1.165, 1.54) is 31.5 Å². The van der Waals surface area contributed by atoms with Crippen LogP contribution in [-0.2, 0) is 17.6 Å². The van der Waals surface area contributed by atoms with Crippen molar-refractivity contribution in [2.75, 3.05) is 30.5 Å². The van der Waals surface area contributed by atoms with Gasteiger partial charge in [-0.3, -0.25) is 14.7 Å². The van der Waals surface area contributed by atoms with Gasteiger partial charge in [0.05, 0.1) is 23.4 Å². The van der Waals surface area contributed by atoms with Crippen molar-refractivity contribution in [2.24, 2.45) is 0 Å². The number of hydroxylamine groups is 1. The zero-order valence-electron chi connectivity index (χ0n) is 21.1. The molecule has 2 heterocycles. The van der Waals surface area contributed by atoms with Crippen LogP contribution in [0.5, 0.6) is 0 Å². The molecule has 1 saturated heterocycles. The summed E-state index contributed by atoms with van der Waals surface area (Å²) in [5.74, 6) is 0.779. The van der Waals surface area contributed by atoms with Gasteiger partial charge in [-0.15, -0.1) is 11.8 Å². The van der Waals surface area contributed by atoms with Crippen molar-refractivity contribution >= 4 is 34.4 Å². The molecule has 1 fully saturated rings. The number of rotatable bonds is 11. The molecule has 10 heteroatoms. The van der Waals surface area contributed by atoms with Crippen molar-refractivity contribution in [1.29, 1.82) is 0 Å². The number of aromatic nitrogens is 1. The van der Waals surface area contributed by atoms with Crippen molar-refractivity contribution in [3.8, 4) is 0 Å². The Morgan fingerprint density at radius 3 is 2.63 bits per heavy atom. The number of pyridine rings is 1. The molecule has 38 heavy (non-hydrogen) atoms. The molecule has 6 nitrogen and oxygen atoms in total. The normalized spacial score (nSPS) is 14.6. The SMILES string of the molecule is O=C(O)N(OCCCCCSc1ccnc2cc(C(F)(F)F)ccc12)c1cccc(CN2CCCCC2)c1. The first-order valence-corrected chi connectivity index (χ1v) is 13.9. The molecule has 0 bridgehead atoms. The molecular weight excluding hydrogens is 515 g/mol. The van der Waals surface area contributed by atoms with Crippen molar-refractivity contribution in [1.82, 2.24) is 9.88 Å². The minimum atomic E-state index is -4.40. The largest absolute Gasteiger partial charge is 0.463 e. The predicted octanol–water partition coefficient (Wildman–Crippen LogP) is 7.62. The summed E-state index contributed by atoms with van der Waals surface area (Å²) in [4.78, 5) is 24.8. The molecule has 0 radical (unpaired) electrons. The zero-order chi connectivity index (χ0) is 27.0. The van der Waals surface area contributed by atoms with Gasteiger partial charge in [-0.05, 0) is 80.4 Å². The number of hydrogen-bond donors (Lipinski definition) is 1. The first kappa shape index (κ1) is 28.2. The van der Waals surface area contributed by atoms with Crippen LogP contribution < -0.4 is 5.06 Å². The number of thioether (sulfide) groups is 1. The van der Waals surface area contributed by atoms with Crippen LogP contribution in [-0.4, -0.2) is 46.5 Å². The molecule has 0 unspecified atom stereocenters. The Hall–Kier alpha value is -2.82. The van der Waals surface area contributed by atoms with Crippen LogP contribution in [0.3, 0.4) is 0 Å². The maximum absolute atomic E-state index is 13.0. The van der Waals surface area contributed by atoms with E-state index in [2.05, 4.69) is 9.88 Å². The number of piperidine rings is 1. The number of unbranched alkanes of at least 4 members (excludes halogenated alkanes) is 2. The maximum atomic E-state index is 13.0. The Balaban J connectivity index is 1.22. The summed E-state index contributed by atoms with van der Waals surface area (Å²) in [5.41, 5.74) is 1.19. The van der Waals surface area contributed by atoms with E-state index in [1.807, 2.05) is 24.3 Å². The van der Waals surface area contributed by atoms with Gasteiger partial charge in [0.1, 0.15) is 0 Å². The number of fused-ring (bicyclic) bond motifs is 1. The highest BCUT2D eigenvalue weighted by Crippen LogP contribution is 2.34. The number of amides is 1. The van der Waals surface area contributed by atoms with Crippen LogP contribution in [0.4, 0.5) is 23.7 Å². The number of nitrogens with zero attached hydrogens (tertiary/aromatic N) is 3. The summed E-state index contributed by atoms with van der Waals surface area (Å²) >= 11 is 1.57. The molecule has 0 atom stereocenters. The number of alkyl halides is 3. The first-order chi connectivity index (χ1) is 18.3. The second-order valence-corrected chi connectivity index (χ2v) is 10.5. The van der Waals surface area contributed by atoms with Crippen LogP contribution in [0.25, 0.3) is 10.9 Å². The topological polar surface area (TPSA) is 65.9 Å². The van der Waals surface area contributed by atoms with E-state index in [9.17, 15) is 23.1 Å². The second kappa shape index (κ2) is 13.3. The van der Waals surface area contributed by atoms with Gasteiger partial charge in [-0.1, -0.05) is 31.0 Å². The number of benzene rings is 2. The molecule has 1 aliphatic heterocycles. The van der Waals surface area contributed by atoms with Crippen LogP contribution >= 0.6 is 11.8 Å². The van der Waals surface area contributed by atoms with Gasteiger partial charge in [0.15, 0.2) is 0 Å². The molecule has 1 N–H and O–H groups in total. The summed E-state index contributed by atoms with van der Waals surface area (Å²) in [6.45, 7) is 3.21. The Morgan fingerprint density at radius 2 is 1.87 bits per heavy atom. The molecule has 204 valence electrons. The lowest BCUT2D eigenvalue weighted by molar-refractivity contribution is -0.137. The molecule has 0 aliphatic carbocycles. The lowest BCUT2D eigenvalue weighted by Crippen LogP contribution is -2.31. The highest BCUT2D eigenvalue weighted by molar-refractivity contribution is 7.99. The molecule has 1 aliphatic rings. The molecule has 1 amide bonds. The fourth-order valence-corrected chi connectivity index (χ4v) is 5.59. The van der Waals surface area contributed by atoms with Gasteiger partial charge in [0.2, 0.25) is 0 Å². The average molecular weight is 548 g/mol. The minimum Gasteiger partial charge on any atom is -0.463 e. The molecule has 4 rings (SSSR count). The fourth-order valence-electron chi connectivity index (χ4n) is 4.54. The lowest BCUT2D eigenvalue weighted by Gasteiger charge is -2.27. The van der Waals surface area contributed by atoms with E-state index in [0.29, 0.717) is 23.0 Å². The van der Waals surface area contributed by atoms with Crippen molar-refractivity contribution < 1.29 is 27.9 Å². The number of halogens is 3. The monoisotopic (exact) mass is 547 g/mol. The summed E-state index contributed by atoms with van der Waals surface area (Å²) in [7, 11) is 0. The van der Waals surface area contributed by atoms with Crippen molar-refractivity contribution in [2.45, 2.75) is 56.1 Å². The predicted molar refractivity (Wildman–Crippen MR) is 143 cm³/mol. The minimum absolute atomic E-state index is 0.270. The Morgan fingerprint density at radius 1 is 1.05 bits per heavy atom. The smallest absolute Gasteiger partial charge is 0.436 e. The van der Waals surface area contributed by atoms with E-state index in [1.54, 1.807) is 17.8 Å². The quantitative estimate of drug-likeness (QED) is 0.151. The molecule has 1 aromatic heterocycles. The van der Waals surface area contributed by atoms with Gasteiger partial charge >= 0.3 is 12.3 Å². The Labute approximate surface area is 224 Å². The van der Waals surface area contributed by atoms with Gasteiger partial charge in [0, 0.05) is 23.0 Å². The van der Waals surface area contributed by atoms with Gasteiger partial charge in [-0.25, -0.2) is 4.79 Å². The maximum Gasteiger partial charge on any atom is 0.436 e. The molecule has 2 aromatic carbocycles. The van der Waals surface area contributed by atoms with Gasteiger partial charge in [-0.2, -0.15) is 18.2 Å². The van der Waals surface area contributed by atoms with Crippen molar-refractivity contribution in [3.05, 3.63) is 65.9 Å². The highest BCUT2D eigenvalue weighted by atomic mass is 32.2. The van der Waals surface area contributed by atoms with Gasteiger partial charge < -0.3 is 5.11 Å². The van der Waals surface area contributed by atoms with Crippen LogP contribution in [0.1, 0.15) is 49.7 Å². The summed E-state index contributed by atoms with van der Waals surface area (Å²) in [5, 5.41) is 11.3. The van der Waals surface area contributed by atoms with Crippen LogP contribution in [0, 0.1) is 0 Å². The second-order valence-electron chi connectivity index (χ2n) is 9.36. The standard InChI is InChI=1S/C28H32F3N3O3S/c29-28(30,31)22-10-11-24-25(19-22)32-13-12-26(24)38-17-6-2-5-16-37-34(27(35)36)23-9-7-8-21(18-23)20-33-14-3-1-4-15-33/h7-13,18-19H,1-6,14-17,20H2,(H,35,36). The molecule has 0 spiro atoms. The number of likely N-dealkylation sites (tertiary alicyclic amines) is 1. The van der Waals surface area contributed by atoms with E-state index >= 15 is 0 Å². The summed E-state index contributed by atoms with van der Waals surface area (Å²) in [6, 6.07) is 12.9. The third kappa shape index (κ3) is 7.85. The lowest BCUT2D eigenvalue weighted by atomic mass is 10.1. The van der Waals surface area contributed by atoms with E-state index in [4.69, 9.17) is 4.84 Å². The van der Waals surface area contributed by atoms with E-state index in [-0.39, 0.29) is 6.61 Å². The molecule has 3 aromatic rings. The van der Waals surface area contributed by atoms with E-state index < -0.39 is 17.8 Å². The van der Waals surface area contributed by atoms with Crippen LogP contribution in [0.15, 0.2) is 59.6 Å². The zero-order valence-corrected chi connectivity index (χ0v) is 21.9. The first-order valence-electron chi connectivity index (χ1n) is 12.9. The number of carboxylic acid groups (broad SMARTS) is 1. The fraction of sp³-hybridized carbons (Fsp3) is 0.429. The van der Waals surface area contributed by atoms with Gasteiger partial charge in [0.25, 0.3) is 0 Å². The highest BCUT2D eigenvalue weighted by Gasteiger charge is 2.30. The molecule has 0 saturated carbocycles. The summed E-state index contributed by atoms with van der Waals surface area (Å²) in [6.07, 6.45) is 2.01. The Kier molecular flexibility index (Phi) is 9.87. The van der Waals surface area contributed by atoms with Crippen molar-refractivity contribution in [3.63, 3.8) is 0 Å². The number of carbonyl (C=O) groups is 1. The number of anilines is 1. The van der Waals surface area contributed by atoms with E-state index in [0.717, 1.165) is 65.9 Å². The third-order valence-electron chi connectivity index (χ3n) is 6.47. The number of hydrogen-bond acceptors (Lipinski definition) is 5. The Bertz CT molecular complexity index is 1220. The summed E-state index contributed by atoms with van der Waals surface area (Å²) < 4.78 is 38.9. The van der Waals surface area contributed by atoms with Crippen LogP contribution in [0.2, 0.25) is 0 Å². The third-order valence-corrected chi connectivity index (χ3v) is 7.63. The molecular formula is C28H32F3N3O3S.